The molecule has 0 aliphatic heterocycles. The number of carbonyl (C=O) groups is 2. The minimum atomic E-state index is -0.955. The lowest BCUT2D eigenvalue weighted by Gasteiger charge is -2.21. The third-order valence-electron chi connectivity index (χ3n) is 3.81. The zero-order chi connectivity index (χ0) is 19.2. The van der Waals surface area contributed by atoms with Crippen LogP contribution < -0.4 is 5.32 Å². The first-order valence-corrected chi connectivity index (χ1v) is 8.59. The van der Waals surface area contributed by atoms with Crippen molar-refractivity contribution in [1.82, 2.24) is 5.32 Å². The van der Waals surface area contributed by atoms with E-state index in [1.807, 2.05) is 54.6 Å². The molecule has 1 amide bonds. The van der Waals surface area contributed by atoms with Gasteiger partial charge in [0, 0.05) is 6.54 Å². The molecule has 2 rings (SSSR count). The Balaban J connectivity index is 2.11. The van der Waals surface area contributed by atoms with Gasteiger partial charge in [0.1, 0.15) is 5.60 Å². The highest BCUT2D eigenvalue weighted by Gasteiger charge is 2.22. The van der Waals surface area contributed by atoms with Crippen molar-refractivity contribution in [3.05, 3.63) is 60.2 Å². The molecule has 5 heteroatoms. The summed E-state index contributed by atoms with van der Waals surface area (Å²) in [5.74, 6) is -1.70. The van der Waals surface area contributed by atoms with Gasteiger partial charge in [0.25, 0.3) is 0 Å². The molecule has 0 radical (unpaired) electrons. The molecule has 1 unspecified atom stereocenters. The van der Waals surface area contributed by atoms with Crippen molar-refractivity contribution in [3.8, 4) is 11.1 Å². The summed E-state index contributed by atoms with van der Waals surface area (Å²) in [4.78, 5) is 23.5. The Kier molecular flexibility index (Phi) is 6.39. The molecule has 26 heavy (non-hydrogen) atoms. The average molecular weight is 355 g/mol. The quantitative estimate of drug-likeness (QED) is 0.817. The summed E-state index contributed by atoms with van der Waals surface area (Å²) in [7, 11) is 0. The van der Waals surface area contributed by atoms with Gasteiger partial charge in [-0.25, -0.2) is 4.79 Å². The molecule has 1 atom stereocenters. The van der Waals surface area contributed by atoms with E-state index < -0.39 is 23.6 Å². The molecule has 0 saturated heterocycles. The summed E-state index contributed by atoms with van der Waals surface area (Å²) in [5.41, 5.74) is 2.34. The largest absolute Gasteiger partial charge is 0.481 e. The van der Waals surface area contributed by atoms with Gasteiger partial charge in [-0.15, -0.1) is 0 Å². The fourth-order valence-electron chi connectivity index (χ4n) is 2.63. The number of amides is 1. The van der Waals surface area contributed by atoms with Crippen LogP contribution in [-0.2, 0) is 16.0 Å². The van der Waals surface area contributed by atoms with Gasteiger partial charge in [-0.3, -0.25) is 4.79 Å². The molecule has 138 valence electrons. The maximum atomic E-state index is 11.8. The fraction of sp³-hybridized carbons (Fsp3) is 0.333. The summed E-state index contributed by atoms with van der Waals surface area (Å²) in [5, 5.41) is 12.1. The van der Waals surface area contributed by atoms with Gasteiger partial charge in [0.2, 0.25) is 0 Å². The second-order valence-electron chi connectivity index (χ2n) is 7.15. The van der Waals surface area contributed by atoms with E-state index in [4.69, 9.17) is 4.74 Å². The molecule has 2 N–H and O–H groups in total. The zero-order valence-corrected chi connectivity index (χ0v) is 15.4. The minimum absolute atomic E-state index is 0.00731. The molecular weight excluding hydrogens is 330 g/mol. The Hall–Kier alpha value is -2.82. The number of benzene rings is 2. The molecule has 0 saturated carbocycles. The van der Waals surface area contributed by atoms with Gasteiger partial charge < -0.3 is 15.2 Å². The molecule has 0 bridgehead atoms. The summed E-state index contributed by atoms with van der Waals surface area (Å²) < 4.78 is 5.17. The van der Waals surface area contributed by atoms with Crippen molar-refractivity contribution < 1.29 is 19.4 Å². The Morgan fingerprint density at radius 2 is 1.65 bits per heavy atom. The van der Waals surface area contributed by atoms with Gasteiger partial charge in [0.15, 0.2) is 0 Å². The third kappa shape index (κ3) is 5.92. The highest BCUT2D eigenvalue weighted by atomic mass is 16.6. The molecule has 2 aromatic rings. The van der Waals surface area contributed by atoms with Crippen molar-refractivity contribution in [2.24, 2.45) is 5.92 Å². The van der Waals surface area contributed by atoms with Crippen molar-refractivity contribution in [2.75, 3.05) is 6.54 Å². The van der Waals surface area contributed by atoms with Crippen LogP contribution in [0.4, 0.5) is 4.79 Å². The average Bonchev–Trinajstić information content (AvgIpc) is 2.58. The number of carboxylic acids is 1. The first-order chi connectivity index (χ1) is 12.3. The third-order valence-corrected chi connectivity index (χ3v) is 3.81. The SMILES string of the molecule is CC(C)(C)OC(=O)NCC(Cc1ccccc1-c1ccccc1)C(=O)O. The first kappa shape index (κ1) is 19.5. The number of hydrogen-bond acceptors (Lipinski definition) is 3. The van der Waals surface area contributed by atoms with Crippen LogP contribution in [-0.4, -0.2) is 29.3 Å². The molecule has 0 spiro atoms. The van der Waals surface area contributed by atoms with Crippen LogP contribution in [0, 0.1) is 5.92 Å². The van der Waals surface area contributed by atoms with E-state index in [2.05, 4.69) is 5.32 Å². The van der Waals surface area contributed by atoms with Gasteiger partial charge in [-0.1, -0.05) is 54.6 Å². The Morgan fingerprint density at radius 3 is 2.27 bits per heavy atom. The highest BCUT2D eigenvalue weighted by molar-refractivity contribution is 5.74. The van der Waals surface area contributed by atoms with Crippen LogP contribution in [0.25, 0.3) is 11.1 Å². The monoisotopic (exact) mass is 355 g/mol. The number of hydrogen-bond donors (Lipinski definition) is 2. The van der Waals surface area contributed by atoms with E-state index in [1.165, 1.54) is 0 Å². The number of carbonyl (C=O) groups excluding carboxylic acids is 1. The van der Waals surface area contributed by atoms with Crippen molar-refractivity contribution in [2.45, 2.75) is 32.8 Å². The van der Waals surface area contributed by atoms with Crippen LogP contribution in [0.1, 0.15) is 26.3 Å². The number of ether oxygens (including phenoxy) is 1. The Morgan fingerprint density at radius 1 is 1.04 bits per heavy atom. The smallest absolute Gasteiger partial charge is 0.407 e. The summed E-state index contributed by atoms with van der Waals surface area (Å²) in [6.45, 7) is 5.29. The molecular formula is C21H25NO4. The molecule has 0 fully saturated rings. The standard InChI is InChI=1S/C21H25NO4/c1-21(2,3)26-20(25)22-14-17(19(23)24)13-16-11-7-8-12-18(16)15-9-5-4-6-10-15/h4-12,17H,13-14H2,1-3H3,(H,22,25)(H,23,24). The maximum Gasteiger partial charge on any atom is 0.407 e. The van der Waals surface area contributed by atoms with Crippen LogP contribution in [0.5, 0.6) is 0 Å². The number of alkyl carbamates (subject to hydrolysis) is 1. The highest BCUT2D eigenvalue weighted by Crippen LogP contribution is 2.25. The van der Waals surface area contributed by atoms with E-state index in [9.17, 15) is 14.7 Å². The van der Waals surface area contributed by atoms with Crippen molar-refractivity contribution in [1.29, 1.82) is 0 Å². The van der Waals surface area contributed by atoms with E-state index in [1.54, 1.807) is 20.8 Å². The van der Waals surface area contributed by atoms with Gasteiger partial charge >= 0.3 is 12.1 Å². The van der Waals surface area contributed by atoms with Crippen LogP contribution >= 0.6 is 0 Å². The fourth-order valence-corrected chi connectivity index (χ4v) is 2.63. The molecule has 2 aromatic carbocycles. The minimum Gasteiger partial charge on any atom is -0.481 e. The lowest BCUT2D eigenvalue weighted by Crippen LogP contribution is -2.37. The second kappa shape index (κ2) is 8.52. The molecule has 5 nitrogen and oxygen atoms in total. The topological polar surface area (TPSA) is 75.6 Å². The van der Waals surface area contributed by atoms with Crippen molar-refractivity contribution in [3.63, 3.8) is 0 Å². The van der Waals surface area contributed by atoms with Crippen LogP contribution in [0.2, 0.25) is 0 Å². The van der Waals surface area contributed by atoms with Gasteiger partial charge in [0.05, 0.1) is 5.92 Å². The first-order valence-electron chi connectivity index (χ1n) is 8.59. The van der Waals surface area contributed by atoms with E-state index >= 15 is 0 Å². The molecule has 0 aromatic heterocycles. The van der Waals surface area contributed by atoms with Gasteiger partial charge in [-0.2, -0.15) is 0 Å². The second-order valence-corrected chi connectivity index (χ2v) is 7.15. The van der Waals surface area contributed by atoms with E-state index in [0.29, 0.717) is 6.42 Å². The maximum absolute atomic E-state index is 11.8. The molecule has 0 heterocycles. The zero-order valence-electron chi connectivity index (χ0n) is 15.4. The summed E-state index contributed by atoms with van der Waals surface area (Å²) in [6, 6.07) is 17.5. The Labute approximate surface area is 154 Å². The summed E-state index contributed by atoms with van der Waals surface area (Å²) >= 11 is 0. The van der Waals surface area contributed by atoms with Gasteiger partial charge in [-0.05, 0) is 43.9 Å². The number of carboxylic acid groups (broad SMARTS) is 1. The van der Waals surface area contributed by atoms with E-state index in [0.717, 1.165) is 16.7 Å². The van der Waals surface area contributed by atoms with Crippen LogP contribution in [0.3, 0.4) is 0 Å². The Bertz CT molecular complexity index is 750. The van der Waals surface area contributed by atoms with Crippen molar-refractivity contribution >= 4 is 12.1 Å². The normalized spacial score (nSPS) is 12.3. The number of aliphatic carboxylic acids is 1. The molecule has 0 aliphatic carbocycles. The predicted octanol–water partition coefficient (Wildman–Crippen LogP) is 4.12. The molecule has 0 aliphatic rings. The number of nitrogens with one attached hydrogen (secondary N) is 1. The van der Waals surface area contributed by atoms with Crippen LogP contribution in [0.15, 0.2) is 54.6 Å². The number of rotatable bonds is 6. The lowest BCUT2D eigenvalue weighted by atomic mass is 9.92. The predicted molar refractivity (Wildman–Crippen MR) is 101 cm³/mol. The van der Waals surface area contributed by atoms with E-state index in [-0.39, 0.29) is 6.54 Å². The lowest BCUT2D eigenvalue weighted by molar-refractivity contribution is -0.141. The summed E-state index contributed by atoms with van der Waals surface area (Å²) in [6.07, 6.45) is -0.295.